The molecule has 0 N–H and O–H groups in total. The smallest absolute Gasteiger partial charge is 1.00 e. The molecule has 0 heterocycles. The monoisotopic (exact) mass is 904 g/mol. The molecule has 8 rings (SSSR count). The molecule has 0 radical (unpaired) electrons. The molecule has 60 heavy (non-hydrogen) atoms. The summed E-state index contributed by atoms with van der Waals surface area (Å²) in [6, 6.07) is 52.3. The fourth-order valence-corrected chi connectivity index (χ4v) is 18.3. The molecule has 0 bridgehead atoms. The van der Waals surface area contributed by atoms with Crippen molar-refractivity contribution in [3.8, 4) is 33.4 Å². The van der Waals surface area contributed by atoms with Crippen molar-refractivity contribution in [2.24, 2.45) is 0 Å². The SMILES string of the molecule is CC(C)c1ccc([C](c2ccc(C(C)C)cc2)=[Zr+2]([C]2=CC=CC2)[CH]2c3cc(-c4ccccc4)c(C(C)(C)C)cc3-c3cc(C(C)(C)C)c(-c4ccccc4)cc32)cc1.[Cl-].[Cl-]. The zero-order chi connectivity index (χ0) is 40.9. The summed E-state index contributed by atoms with van der Waals surface area (Å²) in [6.45, 7) is 23.5. The zero-order valence-corrected chi connectivity index (χ0v) is 41.1. The molecule has 0 saturated heterocycles. The van der Waals surface area contributed by atoms with Gasteiger partial charge in [0.1, 0.15) is 0 Å². The first-order chi connectivity index (χ1) is 27.7. The summed E-state index contributed by atoms with van der Waals surface area (Å²) in [5, 5.41) is 0. The molecule has 0 amide bonds. The quantitative estimate of drug-likeness (QED) is 0.143. The summed E-state index contributed by atoms with van der Waals surface area (Å²) >= 11 is -3.00. The van der Waals surface area contributed by atoms with E-state index in [4.69, 9.17) is 0 Å². The van der Waals surface area contributed by atoms with Crippen molar-refractivity contribution in [1.82, 2.24) is 0 Å². The Kier molecular flexibility index (Phi) is 13.9. The number of allylic oxidation sites excluding steroid dienone is 4. The molecule has 0 atom stereocenters. The van der Waals surface area contributed by atoms with Gasteiger partial charge < -0.3 is 24.8 Å². The maximum absolute atomic E-state index is 3.00. The van der Waals surface area contributed by atoms with Crippen LogP contribution in [0.1, 0.15) is 136 Å². The van der Waals surface area contributed by atoms with E-state index in [1.54, 1.807) is 6.49 Å². The molecule has 0 spiro atoms. The minimum Gasteiger partial charge on any atom is -1.00 e. The number of halogens is 2. The minimum absolute atomic E-state index is 0. The standard InChI is InChI=1S/C33H33.C19H22.C5H5.2ClH.Zr/c1-32(2,3)30-20-26-24(18-28(30)22-13-9-7-10-14-22)17-25-19-29(23-15-11-8-12-16-23)31(21-27(25)26)33(4,5)6;1-14(2)18-9-5-16(6-10-18)13-17-7-11-19(12-8-17)15(3)4;1-2-4-5-3-1;;;/h7-21H,1-6H3;5-12,14-15H,1-4H3;1-3H,4H2;2*1H;/q;;;;;+2/p-2. The Labute approximate surface area is 381 Å². The maximum atomic E-state index is 2.65. The van der Waals surface area contributed by atoms with E-state index < -0.39 is 21.3 Å². The molecular weight excluding hydrogens is 847 g/mol. The van der Waals surface area contributed by atoms with Crippen molar-refractivity contribution in [2.75, 3.05) is 0 Å². The molecular formula is C57H60Cl2Zr. The molecule has 6 aromatic carbocycles. The van der Waals surface area contributed by atoms with Crippen LogP contribution in [0.4, 0.5) is 0 Å². The van der Waals surface area contributed by atoms with Crippen LogP contribution in [0.25, 0.3) is 33.4 Å². The van der Waals surface area contributed by atoms with Gasteiger partial charge in [0.25, 0.3) is 0 Å². The minimum atomic E-state index is -3.00. The first kappa shape index (κ1) is 45.7. The van der Waals surface area contributed by atoms with Gasteiger partial charge in [-0.1, -0.05) is 0 Å². The van der Waals surface area contributed by atoms with Gasteiger partial charge in [0.15, 0.2) is 0 Å². The van der Waals surface area contributed by atoms with Crippen LogP contribution in [0.5, 0.6) is 0 Å². The summed E-state index contributed by atoms with van der Waals surface area (Å²) < 4.78 is 3.56. The van der Waals surface area contributed by atoms with Crippen LogP contribution in [-0.2, 0) is 32.1 Å². The maximum Gasteiger partial charge on any atom is -1.00 e. The molecule has 0 saturated carbocycles. The van der Waals surface area contributed by atoms with E-state index in [2.05, 4.69) is 221 Å². The predicted octanol–water partition coefficient (Wildman–Crippen LogP) is 9.67. The van der Waals surface area contributed by atoms with Crippen LogP contribution >= 0.6 is 0 Å². The van der Waals surface area contributed by atoms with Gasteiger partial charge in [-0.05, 0) is 0 Å². The molecule has 0 unspecified atom stereocenters. The Morgan fingerprint density at radius 2 is 0.917 bits per heavy atom. The van der Waals surface area contributed by atoms with Crippen molar-refractivity contribution < 1.29 is 46.1 Å². The van der Waals surface area contributed by atoms with Crippen molar-refractivity contribution in [1.29, 1.82) is 0 Å². The second-order valence-corrected chi connectivity index (χ2v) is 25.6. The molecule has 0 aliphatic heterocycles. The van der Waals surface area contributed by atoms with E-state index in [-0.39, 0.29) is 39.3 Å². The van der Waals surface area contributed by atoms with E-state index in [0.29, 0.717) is 11.8 Å². The zero-order valence-electron chi connectivity index (χ0n) is 37.1. The Hall–Kier alpha value is -3.87. The van der Waals surface area contributed by atoms with Crippen LogP contribution in [0.15, 0.2) is 155 Å². The van der Waals surface area contributed by atoms with Gasteiger partial charge in [-0.25, -0.2) is 0 Å². The van der Waals surface area contributed by atoms with E-state index >= 15 is 0 Å². The largest absolute Gasteiger partial charge is 1.00 e. The summed E-state index contributed by atoms with van der Waals surface area (Å²) in [4.78, 5) is 0. The van der Waals surface area contributed by atoms with Gasteiger partial charge >= 0.3 is 359 Å². The third-order valence-corrected chi connectivity index (χ3v) is 20.8. The summed E-state index contributed by atoms with van der Waals surface area (Å²) in [6.07, 6.45) is 8.29. The third-order valence-electron chi connectivity index (χ3n) is 12.5. The summed E-state index contributed by atoms with van der Waals surface area (Å²) in [5.74, 6) is 0.969. The third kappa shape index (κ3) is 8.89. The topological polar surface area (TPSA) is 0 Å². The van der Waals surface area contributed by atoms with Gasteiger partial charge in [-0.2, -0.15) is 0 Å². The van der Waals surface area contributed by atoms with E-state index in [1.807, 2.05) is 0 Å². The average molecular weight is 907 g/mol. The van der Waals surface area contributed by atoms with Crippen LogP contribution < -0.4 is 24.8 Å². The second kappa shape index (κ2) is 18.2. The molecule has 0 fully saturated rings. The number of hydrogen-bond donors (Lipinski definition) is 0. The van der Waals surface area contributed by atoms with Crippen LogP contribution in [0, 0.1) is 0 Å². The molecule has 2 aliphatic carbocycles. The fourth-order valence-electron chi connectivity index (χ4n) is 9.29. The van der Waals surface area contributed by atoms with Gasteiger partial charge in [-0.3, -0.25) is 0 Å². The number of benzene rings is 6. The Morgan fingerprint density at radius 3 is 1.25 bits per heavy atom. The Bertz CT molecular complexity index is 2400. The Balaban J connectivity index is 0.00000302. The molecule has 0 aromatic heterocycles. The summed E-state index contributed by atoms with van der Waals surface area (Å²) in [5.41, 5.74) is 19.6. The predicted molar refractivity (Wildman–Crippen MR) is 248 cm³/mol. The normalized spacial score (nSPS) is 13.3. The van der Waals surface area contributed by atoms with Crippen LogP contribution in [0.3, 0.4) is 0 Å². The van der Waals surface area contributed by atoms with Crippen molar-refractivity contribution in [3.05, 3.63) is 199 Å². The van der Waals surface area contributed by atoms with Crippen molar-refractivity contribution >= 4 is 3.21 Å². The average Bonchev–Trinajstić information content (AvgIpc) is 3.85. The van der Waals surface area contributed by atoms with E-state index in [0.717, 1.165) is 6.42 Å². The van der Waals surface area contributed by atoms with E-state index in [9.17, 15) is 0 Å². The van der Waals surface area contributed by atoms with Gasteiger partial charge in [-0.15, -0.1) is 0 Å². The number of rotatable bonds is 8. The van der Waals surface area contributed by atoms with Gasteiger partial charge in [0.05, 0.1) is 0 Å². The fraction of sp³-hybridized carbons (Fsp3) is 0.281. The Morgan fingerprint density at radius 1 is 0.517 bits per heavy atom. The number of hydrogen-bond acceptors (Lipinski definition) is 0. The molecule has 306 valence electrons. The molecule has 3 heteroatoms. The number of fused-ring (bicyclic) bond motifs is 3. The van der Waals surface area contributed by atoms with Gasteiger partial charge in [0, 0.05) is 0 Å². The second-order valence-electron chi connectivity index (χ2n) is 19.3. The molecule has 0 nitrogen and oxygen atoms in total. The molecule has 2 aliphatic rings. The van der Waals surface area contributed by atoms with Crippen molar-refractivity contribution in [2.45, 2.75) is 102 Å². The van der Waals surface area contributed by atoms with E-state index in [1.165, 1.54) is 77.9 Å². The molecule has 6 aromatic rings. The van der Waals surface area contributed by atoms with Crippen molar-refractivity contribution in [3.63, 3.8) is 0 Å². The van der Waals surface area contributed by atoms with Crippen LogP contribution in [0.2, 0.25) is 0 Å². The van der Waals surface area contributed by atoms with Crippen LogP contribution in [-0.4, -0.2) is 3.21 Å². The first-order valence-corrected chi connectivity index (χ1v) is 25.4. The van der Waals surface area contributed by atoms with Gasteiger partial charge in [0.2, 0.25) is 0 Å². The first-order valence-electron chi connectivity index (χ1n) is 21.5. The summed E-state index contributed by atoms with van der Waals surface area (Å²) in [7, 11) is 0.